The van der Waals surface area contributed by atoms with E-state index in [1.807, 2.05) is 0 Å². The summed E-state index contributed by atoms with van der Waals surface area (Å²) in [5.74, 6) is 0.440. The van der Waals surface area contributed by atoms with E-state index < -0.39 is 0 Å². The largest absolute Gasteiger partial charge is 0.361 e. The molecule has 2 nitrogen and oxygen atoms in total. The maximum Gasteiger partial charge on any atom is 0.0470 e. The van der Waals surface area contributed by atoms with E-state index in [2.05, 4.69) is 84.4 Å². The molecule has 0 saturated heterocycles. The zero-order chi connectivity index (χ0) is 16.3. The van der Waals surface area contributed by atoms with Crippen LogP contribution in [0.5, 0.6) is 0 Å². The highest BCUT2D eigenvalue weighted by atomic mass is 79.9. The first kappa shape index (κ1) is 14.8. The Hall–Kier alpha value is -1.52. The fraction of sp³-hybridized carbons (Fsp3) is 0.200. The normalized spacial score (nSPS) is 17.5. The van der Waals surface area contributed by atoms with Crippen LogP contribution in [0.4, 0.5) is 0 Å². The van der Waals surface area contributed by atoms with E-state index in [-0.39, 0.29) is 0 Å². The highest BCUT2D eigenvalue weighted by molar-refractivity contribution is 9.10. The molecule has 4 heteroatoms. The van der Waals surface area contributed by atoms with Gasteiger partial charge in [0.05, 0.1) is 0 Å². The highest BCUT2D eigenvalue weighted by Gasteiger charge is 2.27. The third-order valence-corrected chi connectivity index (χ3v) is 6.21. The van der Waals surface area contributed by atoms with Gasteiger partial charge in [-0.05, 0) is 54.7 Å². The number of hydrogen-bond acceptors (Lipinski definition) is 0. The Morgan fingerprint density at radius 3 is 2.50 bits per heavy atom. The van der Waals surface area contributed by atoms with E-state index in [9.17, 15) is 0 Å². The summed E-state index contributed by atoms with van der Waals surface area (Å²) in [5, 5.41) is 2.70. The number of rotatable bonds is 1. The van der Waals surface area contributed by atoms with Crippen LogP contribution in [-0.2, 0) is 6.42 Å². The summed E-state index contributed by atoms with van der Waals surface area (Å²) in [4.78, 5) is 7.17. The summed E-state index contributed by atoms with van der Waals surface area (Å²) in [5.41, 5.74) is 6.75. The van der Waals surface area contributed by atoms with Crippen molar-refractivity contribution in [3.05, 3.63) is 68.4 Å². The first-order valence-corrected chi connectivity index (χ1v) is 9.86. The Morgan fingerprint density at radius 2 is 1.67 bits per heavy atom. The first-order chi connectivity index (χ1) is 11.7. The number of nitrogens with one attached hydrogen (secondary N) is 2. The monoisotopic (exact) mass is 442 g/mol. The zero-order valence-corrected chi connectivity index (χ0v) is 16.2. The van der Waals surface area contributed by atoms with Crippen LogP contribution in [0, 0.1) is 0 Å². The van der Waals surface area contributed by atoms with Crippen LogP contribution in [0.1, 0.15) is 35.6 Å². The molecule has 2 aromatic heterocycles. The Morgan fingerprint density at radius 1 is 0.917 bits per heavy atom. The van der Waals surface area contributed by atoms with Gasteiger partial charge in [0.25, 0.3) is 0 Å². The van der Waals surface area contributed by atoms with Crippen LogP contribution >= 0.6 is 31.9 Å². The number of halogens is 2. The lowest BCUT2D eigenvalue weighted by atomic mass is 9.82. The van der Waals surface area contributed by atoms with Gasteiger partial charge in [0.2, 0.25) is 0 Å². The standard InChI is InChI=1S/C20H16Br2N2/c21-11-5-7-14-17(10-23-18(14)8-11)16-3-1-2-15-13-6-4-12(22)9-19(13)24-20(15)16/h4-10,16,23-24H,1-3H2. The lowest BCUT2D eigenvalue weighted by Crippen LogP contribution is -2.10. The summed E-state index contributed by atoms with van der Waals surface area (Å²) < 4.78 is 2.24. The smallest absolute Gasteiger partial charge is 0.0470 e. The Balaban J connectivity index is 1.72. The average molecular weight is 444 g/mol. The molecule has 0 aliphatic heterocycles. The average Bonchev–Trinajstić information content (AvgIpc) is 3.14. The number of hydrogen-bond donors (Lipinski definition) is 2. The fourth-order valence-electron chi connectivity index (χ4n) is 4.16. The summed E-state index contributed by atoms with van der Waals surface area (Å²) >= 11 is 7.15. The summed E-state index contributed by atoms with van der Waals surface area (Å²) in [6.45, 7) is 0. The van der Waals surface area contributed by atoms with Gasteiger partial charge in [0.1, 0.15) is 0 Å². The van der Waals surface area contributed by atoms with E-state index >= 15 is 0 Å². The topological polar surface area (TPSA) is 31.6 Å². The second-order valence-corrected chi connectivity index (χ2v) is 8.42. The Labute approximate surface area is 156 Å². The third kappa shape index (κ3) is 2.20. The number of aryl methyl sites for hydroxylation is 1. The second kappa shape index (κ2) is 5.50. The minimum Gasteiger partial charge on any atom is -0.361 e. The van der Waals surface area contributed by atoms with E-state index in [0.29, 0.717) is 5.92 Å². The maximum atomic E-state index is 3.72. The van der Waals surface area contributed by atoms with Crippen LogP contribution in [0.25, 0.3) is 21.8 Å². The molecule has 5 rings (SSSR count). The predicted octanol–water partition coefficient (Wildman–Crippen LogP) is 6.64. The van der Waals surface area contributed by atoms with Crippen molar-refractivity contribution < 1.29 is 0 Å². The number of benzene rings is 2. The van der Waals surface area contributed by atoms with Gasteiger partial charge in [-0.15, -0.1) is 0 Å². The van der Waals surface area contributed by atoms with E-state index in [1.54, 1.807) is 0 Å². The number of H-pyrrole nitrogens is 2. The lowest BCUT2D eigenvalue weighted by molar-refractivity contribution is 0.611. The van der Waals surface area contributed by atoms with Crippen molar-refractivity contribution in [1.82, 2.24) is 9.97 Å². The van der Waals surface area contributed by atoms with Crippen LogP contribution in [0.15, 0.2) is 51.5 Å². The molecule has 0 amide bonds. The van der Waals surface area contributed by atoms with Crippen molar-refractivity contribution in [2.75, 3.05) is 0 Å². The van der Waals surface area contributed by atoms with E-state index in [4.69, 9.17) is 0 Å². The van der Waals surface area contributed by atoms with Gasteiger partial charge < -0.3 is 9.97 Å². The Kier molecular flexibility index (Phi) is 3.39. The second-order valence-electron chi connectivity index (χ2n) is 6.59. The van der Waals surface area contributed by atoms with Crippen molar-refractivity contribution in [3.8, 4) is 0 Å². The molecule has 0 saturated carbocycles. The lowest BCUT2D eigenvalue weighted by Gasteiger charge is -2.22. The van der Waals surface area contributed by atoms with Gasteiger partial charge in [-0.25, -0.2) is 0 Å². The molecular weight excluding hydrogens is 428 g/mol. The van der Waals surface area contributed by atoms with Crippen molar-refractivity contribution in [2.24, 2.45) is 0 Å². The van der Waals surface area contributed by atoms with Gasteiger partial charge in [0.15, 0.2) is 0 Å². The SMILES string of the molecule is Brc1ccc2c(C3CCCc4c3[nH]c3cc(Br)ccc43)c[nH]c2c1. The first-order valence-electron chi connectivity index (χ1n) is 8.27. The van der Waals surface area contributed by atoms with Crippen LogP contribution in [-0.4, -0.2) is 9.97 Å². The predicted molar refractivity (Wildman–Crippen MR) is 107 cm³/mol. The van der Waals surface area contributed by atoms with Crippen LogP contribution in [0.3, 0.4) is 0 Å². The van der Waals surface area contributed by atoms with Crippen molar-refractivity contribution in [1.29, 1.82) is 0 Å². The molecule has 120 valence electrons. The van der Waals surface area contributed by atoms with E-state index in [1.165, 1.54) is 57.9 Å². The number of aromatic amines is 2. The highest BCUT2D eigenvalue weighted by Crippen LogP contribution is 2.42. The summed E-state index contributed by atoms with van der Waals surface area (Å²) in [6.07, 6.45) is 5.80. The molecule has 1 atom stereocenters. The van der Waals surface area contributed by atoms with Gasteiger partial charge in [0, 0.05) is 48.6 Å². The quantitative estimate of drug-likeness (QED) is 0.330. The zero-order valence-electron chi connectivity index (χ0n) is 13.0. The molecule has 1 unspecified atom stereocenters. The van der Waals surface area contributed by atoms with Gasteiger partial charge in [-0.1, -0.05) is 44.0 Å². The van der Waals surface area contributed by atoms with E-state index in [0.717, 1.165) is 8.95 Å². The number of fused-ring (bicyclic) bond motifs is 4. The summed E-state index contributed by atoms with van der Waals surface area (Å²) in [6, 6.07) is 13.1. The number of aromatic nitrogens is 2. The minimum absolute atomic E-state index is 0.440. The molecule has 2 aromatic carbocycles. The molecule has 0 bridgehead atoms. The summed E-state index contributed by atoms with van der Waals surface area (Å²) in [7, 11) is 0. The van der Waals surface area contributed by atoms with Gasteiger partial charge in [-0.3, -0.25) is 0 Å². The molecular formula is C20H16Br2N2. The molecule has 24 heavy (non-hydrogen) atoms. The maximum absolute atomic E-state index is 3.72. The van der Waals surface area contributed by atoms with Gasteiger partial charge in [-0.2, -0.15) is 0 Å². The molecule has 0 spiro atoms. The minimum atomic E-state index is 0.440. The molecule has 4 aromatic rings. The molecule has 1 aliphatic rings. The Bertz CT molecular complexity index is 1070. The molecule has 1 aliphatic carbocycles. The fourth-order valence-corrected chi connectivity index (χ4v) is 4.89. The third-order valence-electron chi connectivity index (χ3n) is 5.22. The van der Waals surface area contributed by atoms with Crippen molar-refractivity contribution >= 4 is 53.7 Å². The molecule has 2 heterocycles. The van der Waals surface area contributed by atoms with Crippen molar-refractivity contribution in [2.45, 2.75) is 25.2 Å². The molecule has 0 radical (unpaired) electrons. The molecule has 2 N–H and O–H groups in total. The van der Waals surface area contributed by atoms with Crippen LogP contribution in [0.2, 0.25) is 0 Å². The van der Waals surface area contributed by atoms with Crippen molar-refractivity contribution in [3.63, 3.8) is 0 Å². The van der Waals surface area contributed by atoms with Gasteiger partial charge >= 0.3 is 0 Å². The molecule has 0 fully saturated rings. The van der Waals surface area contributed by atoms with Crippen LogP contribution < -0.4 is 0 Å².